The fraction of sp³-hybridized carbons (Fsp3) is 0.458. The minimum absolute atomic E-state index is 0.0510. The zero-order valence-corrected chi connectivity index (χ0v) is 17.3. The first-order chi connectivity index (χ1) is 14.2. The maximum atomic E-state index is 13.1. The normalized spacial score (nSPS) is 21.4. The molecule has 2 saturated heterocycles. The fourth-order valence-corrected chi connectivity index (χ4v) is 4.70. The van der Waals surface area contributed by atoms with Crippen molar-refractivity contribution in [3.05, 3.63) is 59.7 Å². The third kappa shape index (κ3) is 4.25. The largest absolute Gasteiger partial charge is 0.493 e. The van der Waals surface area contributed by atoms with Crippen molar-refractivity contribution in [2.24, 2.45) is 0 Å². The van der Waals surface area contributed by atoms with Gasteiger partial charge in [-0.05, 0) is 48.9 Å². The summed E-state index contributed by atoms with van der Waals surface area (Å²) in [6, 6.07) is 17.1. The summed E-state index contributed by atoms with van der Waals surface area (Å²) in [5.74, 6) is 1.81. The topological polar surface area (TPSA) is 42.0 Å². The molecule has 2 aromatic rings. The van der Waals surface area contributed by atoms with Gasteiger partial charge in [-0.25, -0.2) is 0 Å². The van der Waals surface area contributed by atoms with Crippen molar-refractivity contribution < 1.29 is 14.3 Å². The number of fused-ring (bicyclic) bond motifs is 2. The number of piperazine rings is 1. The summed E-state index contributed by atoms with van der Waals surface area (Å²) in [7, 11) is 3.31. The van der Waals surface area contributed by atoms with Crippen LogP contribution in [0.2, 0.25) is 0 Å². The molecule has 0 aliphatic carbocycles. The molecule has 0 aromatic heterocycles. The Morgan fingerprint density at radius 3 is 2.52 bits per heavy atom. The average molecular weight is 395 g/mol. The Morgan fingerprint density at radius 1 is 0.966 bits per heavy atom. The van der Waals surface area contributed by atoms with E-state index in [2.05, 4.69) is 40.1 Å². The molecule has 5 nitrogen and oxygen atoms in total. The van der Waals surface area contributed by atoms with Crippen molar-refractivity contribution in [1.82, 2.24) is 9.80 Å². The summed E-state index contributed by atoms with van der Waals surface area (Å²) >= 11 is 0. The van der Waals surface area contributed by atoms with Crippen LogP contribution in [0, 0.1) is 0 Å². The predicted molar refractivity (Wildman–Crippen MR) is 113 cm³/mol. The molecule has 2 aliphatic rings. The lowest BCUT2D eigenvalue weighted by Crippen LogP contribution is -2.56. The lowest BCUT2D eigenvalue weighted by molar-refractivity contribution is -0.141. The van der Waals surface area contributed by atoms with Gasteiger partial charge in [-0.2, -0.15) is 0 Å². The van der Waals surface area contributed by atoms with Crippen molar-refractivity contribution >= 4 is 5.91 Å². The highest BCUT2D eigenvalue weighted by Gasteiger charge is 2.44. The second kappa shape index (κ2) is 8.87. The first kappa shape index (κ1) is 19.8. The molecule has 0 spiro atoms. The highest BCUT2D eigenvalue weighted by molar-refractivity contribution is 5.83. The monoisotopic (exact) mass is 394 g/mol. The van der Waals surface area contributed by atoms with Gasteiger partial charge in [-0.1, -0.05) is 36.4 Å². The molecule has 2 heterocycles. The van der Waals surface area contributed by atoms with Crippen molar-refractivity contribution in [2.45, 2.75) is 44.3 Å². The second-order valence-corrected chi connectivity index (χ2v) is 7.98. The smallest absolute Gasteiger partial charge is 0.240 e. The molecule has 5 heteroatoms. The number of benzene rings is 2. The minimum atomic E-state index is 0.0510. The van der Waals surface area contributed by atoms with E-state index in [0.29, 0.717) is 11.9 Å². The Morgan fingerprint density at radius 2 is 1.76 bits per heavy atom. The Labute approximate surface area is 173 Å². The van der Waals surface area contributed by atoms with Crippen LogP contribution in [-0.2, 0) is 17.8 Å². The van der Waals surface area contributed by atoms with Gasteiger partial charge in [0.15, 0.2) is 11.5 Å². The molecule has 0 N–H and O–H groups in total. The Hall–Kier alpha value is -2.53. The van der Waals surface area contributed by atoms with Gasteiger partial charge in [-0.3, -0.25) is 9.69 Å². The van der Waals surface area contributed by atoms with Gasteiger partial charge >= 0.3 is 0 Å². The quantitative estimate of drug-likeness (QED) is 0.687. The van der Waals surface area contributed by atoms with E-state index in [1.165, 1.54) is 11.1 Å². The zero-order chi connectivity index (χ0) is 20.2. The van der Waals surface area contributed by atoms with Crippen LogP contribution >= 0.6 is 0 Å². The lowest BCUT2D eigenvalue weighted by atomic mass is 10.1. The van der Waals surface area contributed by atoms with E-state index in [4.69, 9.17) is 9.47 Å². The number of methoxy groups -OCH3 is 2. The Kier molecular flexibility index (Phi) is 6.05. The van der Waals surface area contributed by atoms with Gasteiger partial charge in [0.2, 0.25) is 5.91 Å². The van der Waals surface area contributed by atoms with E-state index in [-0.39, 0.29) is 6.04 Å². The number of carbonyl (C=O) groups is 1. The first-order valence-electron chi connectivity index (χ1n) is 10.5. The molecule has 2 aromatic carbocycles. The summed E-state index contributed by atoms with van der Waals surface area (Å²) in [4.78, 5) is 17.6. The minimum Gasteiger partial charge on any atom is -0.493 e. The van der Waals surface area contributed by atoms with Gasteiger partial charge < -0.3 is 14.4 Å². The van der Waals surface area contributed by atoms with Crippen molar-refractivity contribution in [2.75, 3.05) is 27.3 Å². The number of aryl methyl sites for hydroxylation is 1. The van der Waals surface area contributed by atoms with Crippen LogP contribution in [0.5, 0.6) is 11.5 Å². The molecule has 2 fully saturated rings. The van der Waals surface area contributed by atoms with Crippen molar-refractivity contribution in [3.63, 3.8) is 0 Å². The standard InChI is InChI=1S/C24H30N2O3/c1-28-22-13-10-18(15-23(22)29-2)9-6-14-25-17-20-11-12-21(24(25)27)26(20)16-19-7-4-3-5-8-19/h3-5,7-8,10,13,15,20-21H,6,9,11-12,14,16-17H2,1-2H3. The third-order valence-corrected chi connectivity index (χ3v) is 6.22. The third-order valence-electron chi connectivity index (χ3n) is 6.22. The average Bonchev–Trinajstić information content (AvgIpc) is 3.06. The Balaban J connectivity index is 1.33. The maximum Gasteiger partial charge on any atom is 0.240 e. The maximum absolute atomic E-state index is 13.1. The van der Waals surface area contributed by atoms with Crippen LogP contribution in [0.3, 0.4) is 0 Å². The summed E-state index contributed by atoms with van der Waals surface area (Å²) in [5, 5.41) is 0. The SMILES string of the molecule is COc1ccc(CCCN2CC3CCC(C2=O)N3Cc2ccccc2)cc1OC. The first-order valence-corrected chi connectivity index (χ1v) is 10.5. The molecule has 2 atom stereocenters. The molecule has 29 heavy (non-hydrogen) atoms. The van der Waals surface area contributed by atoms with E-state index in [0.717, 1.165) is 56.8 Å². The Bertz CT molecular complexity index is 839. The molecule has 0 radical (unpaired) electrons. The van der Waals surface area contributed by atoms with Crippen LogP contribution in [-0.4, -0.2) is 55.1 Å². The van der Waals surface area contributed by atoms with Crippen LogP contribution in [0.1, 0.15) is 30.4 Å². The second-order valence-electron chi connectivity index (χ2n) is 7.98. The highest BCUT2D eigenvalue weighted by atomic mass is 16.5. The molecule has 0 saturated carbocycles. The van der Waals surface area contributed by atoms with Gasteiger partial charge in [0, 0.05) is 25.7 Å². The van der Waals surface area contributed by atoms with Crippen LogP contribution in [0.15, 0.2) is 48.5 Å². The van der Waals surface area contributed by atoms with E-state index in [9.17, 15) is 4.79 Å². The number of amides is 1. The molecule has 2 bridgehead atoms. The predicted octanol–water partition coefficient (Wildman–Crippen LogP) is 3.51. The summed E-state index contributed by atoms with van der Waals surface area (Å²) < 4.78 is 10.7. The van der Waals surface area contributed by atoms with Gasteiger partial charge in [0.25, 0.3) is 0 Å². The van der Waals surface area contributed by atoms with Gasteiger partial charge in [0.1, 0.15) is 0 Å². The number of hydrogen-bond acceptors (Lipinski definition) is 4. The number of carbonyl (C=O) groups excluding carboxylic acids is 1. The fourth-order valence-electron chi connectivity index (χ4n) is 4.70. The van der Waals surface area contributed by atoms with Crippen molar-refractivity contribution in [3.8, 4) is 11.5 Å². The molecular weight excluding hydrogens is 364 g/mol. The van der Waals surface area contributed by atoms with E-state index < -0.39 is 0 Å². The number of nitrogens with zero attached hydrogens (tertiary/aromatic N) is 2. The molecular formula is C24H30N2O3. The zero-order valence-electron chi connectivity index (χ0n) is 17.3. The summed E-state index contributed by atoms with van der Waals surface area (Å²) in [6.45, 7) is 2.55. The molecule has 2 aliphatic heterocycles. The highest BCUT2D eigenvalue weighted by Crippen LogP contribution is 2.33. The number of hydrogen-bond donors (Lipinski definition) is 0. The van der Waals surface area contributed by atoms with Crippen LogP contribution in [0.4, 0.5) is 0 Å². The van der Waals surface area contributed by atoms with Gasteiger partial charge in [-0.15, -0.1) is 0 Å². The summed E-state index contributed by atoms with van der Waals surface area (Å²) in [5.41, 5.74) is 2.50. The lowest BCUT2D eigenvalue weighted by Gasteiger charge is -2.40. The van der Waals surface area contributed by atoms with Crippen LogP contribution in [0.25, 0.3) is 0 Å². The van der Waals surface area contributed by atoms with Gasteiger partial charge in [0.05, 0.1) is 20.3 Å². The van der Waals surface area contributed by atoms with E-state index in [1.807, 2.05) is 18.2 Å². The van der Waals surface area contributed by atoms with Crippen LogP contribution < -0.4 is 9.47 Å². The molecule has 1 amide bonds. The van der Waals surface area contributed by atoms with Crippen molar-refractivity contribution in [1.29, 1.82) is 0 Å². The number of ether oxygens (including phenoxy) is 2. The molecule has 154 valence electrons. The number of rotatable bonds is 8. The molecule has 2 unspecified atom stereocenters. The number of likely N-dealkylation sites (tertiary alicyclic amines) is 1. The van der Waals surface area contributed by atoms with E-state index in [1.54, 1.807) is 14.2 Å². The summed E-state index contributed by atoms with van der Waals surface area (Å²) in [6.07, 6.45) is 3.99. The van der Waals surface area contributed by atoms with E-state index >= 15 is 0 Å². The molecule has 4 rings (SSSR count).